The van der Waals surface area contributed by atoms with Crippen LogP contribution in [0.5, 0.6) is 5.75 Å². The smallest absolute Gasteiger partial charge is 0.227 e. The molecule has 0 aliphatic carbocycles. The number of hydrogen-bond donors (Lipinski definition) is 2. The molecule has 118 valence electrons. The van der Waals surface area contributed by atoms with Gasteiger partial charge in [0, 0.05) is 18.5 Å². The number of aromatic amines is 1. The lowest BCUT2D eigenvalue weighted by molar-refractivity contribution is 0.413. The summed E-state index contributed by atoms with van der Waals surface area (Å²) in [5, 5.41) is 11.6. The maximum Gasteiger partial charge on any atom is 0.227 e. The van der Waals surface area contributed by atoms with Gasteiger partial charge in [-0.15, -0.1) is 0 Å². The second-order valence-corrected chi connectivity index (χ2v) is 5.52. The standard InChI is InChI=1S/C16H18N6O/c1-23-13-10-17-16(22-8-4-5-9-22)19-15(13)18-14-11-6-2-3-7-12(11)20-21-14/h2-3,6-7,10H,4-5,8-9H2,1H3,(H2,17,18,19,20,21). The van der Waals surface area contributed by atoms with Crippen LogP contribution >= 0.6 is 0 Å². The molecule has 1 saturated heterocycles. The summed E-state index contributed by atoms with van der Waals surface area (Å²) in [5.74, 6) is 2.68. The van der Waals surface area contributed by atoms with Crippen LogP contribution < -0.4 is 15.0 Å². The van der Waals surface area contributed by atoms with E-state index in [-0.39, 0.29) is 0 Å². The number of methoxy groups -OCH3 is 1. The molecule has 23 heavy (non-hydrogen) atoms. The highest BCUT2D eigenvalue weighted by Crippen LogP contribution is 2.29. The van der Waals surface area contributed by atoms with Gasteiger partial charge in [0.25, 0.3) is 0 Å². The molecule has 2 aromatic heterocycles. The van der Waals surface area contributed by atoms with Gasteiger partial charge in [-0.05, 0) is 25.0 Å². The van der Waals surface area contributed by atoms with Crippen molar-refractivity contribution < 1.29 is 4.74 Å². The highest BCUT2D eigenvalue weighted by atomic mass is 16.5. The number of nitrogens with zero attached hydrogens (tertiary/aromatic N) is 4. The third-order valence-corrected chi connectivity index (χ3v) is 4.06. The molecule has 3 aromatic rings. The number of ether oxygens (including phenoxy) is 1. The molecule has 0 bridgehead atoms. The molecule has 0 spiro atoms. The monoisotopic (exact) mass is 310 g/mol. The first-order valence-electron chi connectivity index (χ1n) is 7.71. The van der Waals surface area contributed by atoms with Gasteiger partial charge in [0.05, 0.1) is 18.8 Å². The Balaban J connectivity index is 1.70. The van der Waals surface area contributed by atoms with Crippen LogP contribution in [0.1, 0.15) is 12.8 Å². The Bertz CT molecular complexity index is 824. The Morgan fingerprint density at radius 2 is 2.00 bits per heavy atom. The highest BCUT2D eigenvalue weighted by Gasteiger charge is 2.18. The van der Waals surface area contributed by atoms with Crippen molar-refractivity contribution in [2.24, 2.45) is 0 Å². The summed E-state index contributed by atoms with van der Waals surface area (Å²) >= 11 is 0. The lowest BCUT2D eigenvalue weighted by Gasteiger charge is -2.17. The number of nitrogens with one attached hydrogen (secondary N) is 2. The molecule has 1 aliphatic heterocycles. The Morgan fingerprint density at radius 1 is 1.17 bits per heavy atom. The van der Waals surface area contributed by atoms with E-state index in [2.05, 4.69) is 30.4 Å². The lowest BCUT2D eigenvalue weighted by atomic mass is 10.2. The summed E-state index contributed by atoms with van der Waals surface area (Å²) in [7, 11) is 1.61. The summed E-state index contributed by atoms with van der Waals surface area (Å²) in [6.45, 7) is 1.99. The van der Waals surface area contributed by atoms with Crippen molar-refractivity contribution in [1.82, 2.24) is 20.2 Å². The van der Waals surface area contributed by atoms with Gasteiger partial charge in [-0.3, -0.25) is 5.10 Å². The van der Waals surface area contributed by atoms with Crippen molar-refractivity contribution in [2.75, 3.05) is 30.4 Å². The van der Waals surface area contributed by atoms with Crippen LogP contribution in [0.2, 0.25) is 0 Å². The number of benzene rings is 1. The quantitative estimate of drug-likeness (QED) is 0.771. The zero-order valence-corrected chi connectivity index (χ0v) is 12.9. The minimum Gasteiger partial charge on any atom is -0.491 e. The summed E-state index contributed by atoms with van der Waals surface area (Å²) in [5.41, 5.74) is 0.975. The first-order chi connectivity index (χ1) is 11.3. The minimum absolute atomic E-state index is 0.597. The van der Waals surface area contributed by atoms with Gasteiger partial charge >= 0.3 is 0 Å². The molecule has 1 aromatic carbocycles. The number of anilines is 3. The van der Waals surface area contributed by atoms with Gasteiger partial charge in [0.1, 0.15) is 0 Å². The maximum atomic E-state index is 5.38. The van der Waals surface area contributed by atoms with Crippen molar-refractivity contribution in [3.05, 3.63) is 30.5 Å². The van der Waals surface area contributed by atoms with E-state index < -0.39 is 0 Å². The van der Waals surface area contributed by atoms with Crippen molar-refractivity contribution in [3.63, 3.8) is 0 Å². The fourth-order valence-corrected chi connectivity index (χ4v) is 2.84. The summed E-state index contributed by atoms with van der Waals surface area (Å²) < 4.78 is 5.38. The van der Waals surface area contributed by atoms with E-state index in [0.717, 1.165) is 35.8 Å². The second kappa shape index (κ2) is 5.75. The molecule has 1 aliphatic rings. The fraction of sp³-hybridized carbons (Fsp3) is 0.312. The number of aromatic nitrogens is 4. The zero-order chi connectivity index (χ0) is 15.6. The Labute approximate surface area is 133 Å². The molecule has 2 N–H and O–H groups in total. The summed E-state index contributed by atoms with van der Waals surface area (Å²) in [6, 6.07) is 7.95. The third-order valence-electron chi connectivity index (χ3n) is 4.06. The van der Waals surface area contributed by atoms with Crippen molar-refractivity contribution in [2.45, 2.75) is 12.8 Å². The number of H-pyrrole nitrogens is 1. The van der Waals surface area contributed by atoms with E-state index in [1.165, 1.54) is 12.8 Å². The summed E-state index contributed by atoms with van der Waals surface area (Å²) in [6.07, 6.45) is 4.07. The van der Waals surface area contributed by atoms with Crippen LogP contribution in [0.25, 0.3) is 10.9 Å². The Hall–Kier alpha value is -2.83. The van der Waals surface area contributed by atoms with Crippen molar-refractivity contribution >= 4 is 28.5 Å². The molecule has 0 unspecified atom stereocenters. The molecular formula is C16H18N6O. The molecule has 3 heterocycles. The van der Waals surface area contributed by atoms with Crippen LogP contribution in [0.15, 0.2) is 30.5 Å². The predicted octanol–water partition coefficient (Wildman–Crippen LogP) is 2.71. The molecule has 7 nitrogen and oxygen atoms in total. The molecule has 4 rings (SSSR count). The average molecular weight is 310 g/mol. The van der Waals surface area contributed by atoms with Crippen LogP contribution in [-0.2, 0) is 0 Å². The first kappa shape index (κ1) is 13.8. The van der Waals surface area contributed by atoms with E-state index in [1.54, 1.807) is 13.3 Å². The Morgan fingerprint density at radius 3 is 2.83 bits per heavy atom. The minimum atomic E-state index is 0.597. The third kappa shape index (κ3) is 2.54. The predicted molar refractivity (Wildman–Crippen MR) is 89.4 cm³/mol. The molecule has 0 saturated carbocycles. The van der Waals surface area contributed by atoms with Crippen LogP contribution in [0.4, 0.5) is 17.6 Å². The van der Waals surface area contributed by atoms with Gasteiger partial charge in [0.15, 0.2) is 17.4 Å². The van der Waals surface area contributed by atoms with E-state index in [0.29, 0.717) is 11.6 Å². The SMILES string of the molecule is COc1cnc(N2CCCC2)nc1Nc1n[nH]c2ccccc12. The van der Waals surface area contributed by atoms with Crippen LogP contribution in [0.3, 0.4) is 0 Å². The molecule has 1 fully saturated rings. The fourth-order valence-electron chi connectivity index (χ4n) is 2.84. The lowest BCUT2D eigenvalue weighted by Crippen LogP contribution is -2.20. The average Bonchev–Trinajstić information content (AvgIpc) is 3.25. The molecular weight excluding hydrogens is 292 g/mol. The molecule has 0 amide bonds. The Kier molecular flexibility index (Phi) is 3.45. The van der Waals surface area contributed by atoms with Crippen LogP contribution in [0, 0.1) is 0 Å². The number of hydrogen-bond acceptors (Lipinski definition) is 6. The first-order valence-corrected chi connectivity index (χ1v) is 7.71. The molecule has 0 radical (unpaired) electrons. The van der Waals surface area contributed by atoms with E-state index in [1.807, 2.05) is 24.3 Å². The van der Waals surface area contributed by atoms with E-state index >= 15 is 0 Å². The van der Waals surface area contributed by atoms with Crippen molar-refractivity contribution in [1.29, 1.82) is 0 Å². The summed E-state index contributed by atoms with van der Waals surface area (Å²) in [4.78, 5) is 11.2. The van der Waals surface area contributed by atoms with Gasteiger partial charge < -0.3 is 15.0 Å². The second-order valence-electron chi connectivity index (χ2n) is 5.52. The highest BCUT2D eigenvalue weighted by molar-refractivity contribution is 5.91. The van der Waals surface area contributed by atoms with Gasteiger partial charge in [0.2, 0.25) is 5.95 Å². The maximum absolute atomic E-state index is 5.38. The van der Waals surface area contributed by atoms with Crippen molar-refractivity contribution in [3.8, 4) is 5.75 Å². The zero-order valence-electron chi connectivity index (χ0n) is 12.9. The normalized spacial score (nSPS) is 14.4. The molecule has 0 atom stereocenters. The van der Waals surface area contributed by atoms with Gasteiger partial charge in [-0.2, -0.15) is 10.1 Å². The molecule has 7 heteroatoms. The van der Waals surface area contributed by atoms with E-state index in [9.17, 15) is 0 Å². The van der Waals surface area contributed by atoms with E-state index in [4.69, 9.17) is 4.74 Å². The number of fused-ring (bicyclic) bond motifs is 1. The number of para-hydroxylation sites is 1. The van der Waals surface area contributed by atoms with Crippen LogP contribution in [-0.4, -0.2) is 40.4 Å². The topological polar surface area (TPSA) is 79.0 Å². The van der Waals surface area contributed by atoms with Gasteiger partial charge in [-0.25, -0.2) is 4.98 Å². The largest absolute Gasteiger partial charge is 0.491 e. The van der Waals surface area contributed by atoms with Gasteiger partial charge in [-0.1, -0.05) is 12.1 Å². The number of rotatable bonds is 4.